The first-order valence-corrected chi connectivity index (χ1v) is 8.51. The average molecular weight is 379 g/mol. The molecule has 0 spiro atoms. The molecule has 3 nitrogen and oxygen atoms in total. The maximum atomic E-state index is 5.84. The molecule has 118 valence electrons. The van der Waals surface area contributed by atoms with Gasteiger partial charge in [0, 0.05) is 22.3 Å². The molecule has 0 atom stereocenters. The van der Waals surface area contributed by atoms with Gasteiger partial charge in [-0.3, -0.25) is 0 Å². The number of fused-ring (bicyclic) bond motifs is 1. The van der Waals surface area contributed by atoms with Gasteiger partial charge in [-0.1, -0.05) is 46.3 Å². The smallest absolute Gasteiger partial charge is 0.227 e. The van der Waals surface area contributed by atoms with E-state index in [1.165, 1.54) is 5.56 Å². The minimum Gasteiger partial charge on any atom is -0.436 e. The lowest BCUT2D eigenvalue weighted by atomic mass is 10.2. The molecular formula is C20H15BrN2O. The van der Waals surface area contributed by atoms with Crippen LogP contribution in [0, 0.1) is 0 Å². The van der Waals surface area contributed by atoms with Gasteiger partial charge in [0.1, 0.15) is 5.52 Å². The highest BCUT2D eigenvalue weighted by atomic mass is 79.9. The van der Waals surface area contributed by atoms with E-state index in [0.29, 0.717) is 5.89 Å². The Balaban J connectivity index is 1.55. The molecule has 1 N–H and O–H groups in total. The Kier molecular flexibility index (Phi) is 4.05. The van der Waals surface area contributed by atoms with E-state index in [-0.39, 0.29) is 0 Å². The second-order valence-corrected chi connectivity index (χ2v) is 6.46. The average Bonchev–Trinajstić information content (AvgIpc) is 3.06. The van der Waals surface area contributed by atoms with Gasteiger partial charge in [0.05, 0.1) is 0 Å². The van der Waals surface area contributed by atoms with Crippen LogP contribution in [-0.2, 0) is 6.54 Å². The van der Waals surface area contributed by atoms with Crippen LogP contribution in [0.15, 0.2) is 81.7 Å². The van der Waals surface area contributed by atoms with Crippen molar-refractivity contribution in [2.24, 2.45) is 0 Å². The summed E-state index contributed by atoms with van der Waals surface area (Å²) >= 11 is 3.45. The van der Waals surface area contributed by atoms with Gasteiger partial charge in [-0.2, -0.15) is 0 Å². The fourth-order valence-electron chi connectivity index (χ4n) is 2.56. The third-order valence-corrected chi connectivity index (χ3v) is 4.34. The lowest BCUT2D eigenvalue weighted by molar-refractivity contribution is 0.620. The maximum Gasteiger partial charge on any atom is 0.227 e. The predicted molar refractivity (Wildman–Crippen MR) is 101 cm³/mol. The summed E-state index contributed by atoms with van der Waals surface area (Å²) in [5.74, 6) is 0.642. The van der Waals surface area contributed by atoms with E-state index in [1.807, 2.05) is 54.6 Å². The summed E-state index contributed by atoms with van der Waals surface area (Å²) in [6, 6.07) is 24.2. The lowest BCUT2D eigenvalue weighted by Crippen LogP contribution is -1.99. The molecule has 0 amide bonds. The summed E-state index contributed by atoms with van der Waals surface area (Å²) in [5.41, 5.74) is 4.91. The Hall–Kier alpha value is -2.59. The highest BCUT2D eigenvalue weighted by Gasteiger charge is 2.08. The molecule has 0 saturated carbocycles. The number of oxazole rings is 1. The molecule has 0 radical (unpaired) electrons. The van der Waals surface area contributed by atoms with Gasteiger partial charge in [0.2, 0.25) is 5.89 Å². The molecule has 3 aromatic carbocycles. The fraction of sp³-hybridized carbons (Fsp3) is 0.0500. The van der Waals surface area contributed by atoms with Crippen LogP contribution in [0.5, 0.6) is 0 Å². The zero-order chi connectivity index (χ0) is 16.4. The monoisotopic (exact) mass is 378 g/mol. The van der Waals surface area contributed by atoms with Crippen LogP contribution >= 0.6 is 15.9 Å². The molecule has 4 rings (SSSR count). The Morgan fingerprint density at radius 3 is 2.58 bits per heavy atom. The molecule has 0 aliphatic rings. The molecule has 0 fully saturated rings. The first-order valence-electron chi connectivity index (χ1n) is 7.72. The summed E-state index contributed by atoms with van der Waals surface area (Å²) in [6.07, 6.45) is 0. The van der Waals surface area contributed by atoms with Gasteiger partial charge in [-0.25, -0.2) is 4.98 Å². The van der Waals surface area contributed by atoms with Crippen LogP contribution in [-0.4, -0.2) is 4.98 Å². The van der Waals surface area contributed by atoms with E-state index < -0.39 is 0 Å². The number of aromatic nitrogens is 1. The van der Waals surface area contributed by atoms with Crippen molar-refractivity contribution >= 4 is 32.7 Å². The van der Waals surface area contributed by atoms with E-state index in [4.69, 9.17) is 4.42 Å². The largest absolute Gasteiger partial charge is 0.436 e. The van der Waals surface area contributed by atoms with Crippen LogP contribution < -0.4 is 5.32 Å². The number of rotatable bonds is 4. The Bertz CT molecular complexity index is 943. The second kappa shape index (κ2) is 6.49. The third kappa shape index (κ3) is 3.19. The van der Waals surface area contributed by atoms with E-state index in [2.05, 4.69) is 44.4 Å². The SMILES string of the molecule is Brc1ccc(CNc2cccc(-c3nc4ccccc4o3)c2)cc1. The highest BCUT2D eigenvalue weighted by molar-refractivity contribution is 9.10. The number of hydrogen-bond donors (Lipinski definition) is 1. The third-order valence-electron chi connectivity index (χ3n) is 3.81. The molecule has 0 bridgehead atoms. The van der Waals surface area contributed by atoms with Gasteiger partial charge >= 0.3 is 0 Å². The van der Waals surface area contributed by atoms with Crippen LogP contribution in [0.25, 0.3) is 22.6 Å². The standard InChI is InChI=1S/C20H15BrN2O/c21-16-10-8-14(9-11-16)13-22-17-5-3-4-15(12-17)20-23-18-6-1-2-7-19(18)24-20/h1-12,22H,13H2. The number of para-hydroxylation sites is 2. The van der Waals surface area contributed by atoms with Crippen LogP contribution in [0.4, 0.5) is 5.69 Å². The molecule has 0 unspecified atom stereocenters. The predicted octanol–water partition coefficient (Wildman–Crippen LogP) is 5.87. The Morgan fingerprint density at radius 1 is 0.917 bits per heavy atom. The number of nitrogens with zero attached hydrogens (tertiary/aromatic N) is 1. The first kappa shape index (κ1) is 15.0. The second-order valence-electron chi connectivity index (χ2n) is 5.55. The van der Waals surface area contributed by atoms with Crippen molar-refractivity contribution < 1.29 is 4.42 Å². The van der Waals surface area contributed by atoms with E-state index >= 15 is 0 Å². The van der Waals surface area contributed by atoms with Crippen molar-refractivity contribution in [2.45, 2.75) is 6.54 Å². The molecular weight excluding hydrogens is 364 g/mol. The van der Waals surface area contributed by atoms with Crippen molar-refractivity contribution in [3.05, 3.63) is 82.8 Å². The fourth-order valence-corrected chi connectivity index (χ4v) is 2.83. The minimum atomic E-state index is 0.642. The lowest BCUT2D eigenvalue weighted by Gasteiger charge is -2.07. The zero-order valence-corrected chi connectivity index (χ0v) is 14.5. The van der Waals surface area contributed by atoms with Gasteiger partial charge < -0.3 is 9.73 Å². The molecule has 1 aromatic heterocycles. The molecule has 4 heteroatoms. The van der Waals surface area contributed by atoms with Crippen LogP contribution in [0.2, 0.25) is 0 Å². The normalized spacial score (nSPS) is 10.9. The summed E-state index contributed by atoms with van der Waals surface area (Å²) < 4.78 is 6.93. The molecule has 0 saturated heterocycles. The number of nitrogens with one attached hydrogen (secondary N) is 1. The van der Waals surface area contributed by atoms with E-state index in [0.717, 1.165) is 33.4 Å². The van der Waals surface area contributed by atoms with Crippen molar-refractivity contribution in [1.82, 2.24) is 4.98 Å². The van der Waals surface area contributed by atoms with Crippen molar-refractivity contribution in [3.8, 4) is 11.5 Å². The summed E-state index contributed by atoms with van der Waals surface area (Å²) in [7, 11) is 0. The molecule has 1 heterocycles. The van der Waals surface area contributed by atoms with Crippen molar-refractivity contribution in [2.75, 3.05) is 5.32 Å². The van der Waals surface area contributed by atoms with Gasteiger partial charge in [0.25, 0.3) is 0 Å². The first-order chi connectivity index (χ1) is 11.8. The van der Waals surface area contributed by atoms with Crippen molar-refractivity contribution in [3.63, 3.8) is 0 Å². The molecule has 0 aliphatic heterocycles. The quantitative estimate of drug-likeness (QED) is 0.482. The summed E-state index contributed by atoms with van der Waals surface area (Å²) in [5, 5.41) is 3.44. The zero-order valence-electron chi connectivity index (χ0n) is 12.9. The van der Waals surface area contributed by atoms with Gasteiger partial charge in [-0.05, 0) is 48.0 Å². The van der Waals surface area contributed by atoms with Crippen LogP contribution in [0.1, 0.15) is 5.56 Å². The molecule has 4 aromatic rings. The van der Waals surface area contributed by atoms with Gasteiger partial charge in [-0.15, -0.1) is 0 Å². The maximum absolute atomic E-state index is 5.84. The Morgan fingerprint density at radius 2 is 1.75 bits per heavy atom. The molecule has 0 aliphatic carbocycles. The van der Waals surface area contributed by atoms with Crippen molar-refractivity contribution in [1.29, 1.82) is 0 Å². The van der Waals surface area contributed by atoms with E-state index in [1.54, 1.807) is 0 Å². The molecule has 24 heavy (non-hydrogen) atoms. The summed E-state index contributed by atoms with van der Waals surface area (Å²) in [4.78, 5) is 4.55. The minimum absolute atomic E-state index is 0.642. The number of hydrogen-bond acceptors (Lipinski definition) is 3. The Labute approximate surface area is 148 Å². The number of halogens is 1. The topological polar surface area (TPSA) is 38.1 Å². The summed E-state index contributed by atoms with van der Waals surface area (Å²) in [6.45, 7) is 0.768. The van der Waals surface area contributed by atoms with E-state index in [9.17, 15) is 0 Å². The number of benzene rings is 3. The number of anilines is 1. The van der Waals surface area contributed by atoms with Gasteiger partial charge in [0.15, 0.2) is 5.58 Å². The highest BCUT2D eigenvalue weighted by Crippen LogP contribution is 2.26. The van der Waals surface area contributed by atoms with Crippen LogP contribution in [0.3, 0.4) is 0 Å².